The quantitative estimate of drug-likeness (QED) is 0.690. The topological polar surface area (TPSA) is 12.0 Å². The maximum atomic E-state index is 3.73. The normalized spacial score (nSPS) is 32.3. The number of hydrogen-bond acceptors (Lipinski definition) is 2. The first-order valence-electron chi connectivity index (χ1n) is 5.00. The van der Waals surface area contributed by atoms with Crippen molar-refractivity contribution < 1.29 is 0 Å². The second kappa shape index (κ2) is 3.67. The molecule has 0 radical (unpaired) electrons. The molecule has 2 aliphatic rings. The average Bonchev–Trinajstić information content (AvgIpc) is 2.56. The summed E-state index contributed by atoms with van der Waals surface area (Å²) in [5, 5.41) is 3.73. The second-order valence-corrected chi connectivity index (χ2v) is 7.62. The molecule has 1 spiro atoms. The highest BCUT2D eigenvalue weighted by molar-refractivity contribution is 8.01. The first kappa shape index (κ1) is 9.46. The van der Waals surface area contributed by atoms with Crippen molar-refractivity contribution in [1.29, 1.82) is 0 Å². The average molecular weight is 241 g/mol. The Labute approximate surface area is 92.3 Å². The van der Waals surface area contributed by atoms with Crippen LogP contribution in [0.5, 0.6) is 0 Å². The Bertz CT molecular complexity index is 323. The minimum absolute atomic E-state index is 0.372. The summed E-state index contributed by atoms with van der Waals surface area (Å²) in [6.45, 7) is 0. The summed E-state index contributed by atoms with van der Waals surface area (Å²) >= 11 is 2.08. The summed E-state index contributed by atoms with van der Waals surface area (Å²) in [5.41, 5.74) is 1.37. The maximum absolute atomic E-state index is 3.73. The minimum Gasteiger partial charge on any atom is -0.369 e. The largest absolute Gasteiger partial charge is 0.369 e. The van der Waals surface area contributed by atoms with Crippen molar-refractivity contribution in [3.05, 3.63) is 17.7 Å². The van der Waals surface area contributed by atoms with E-state index in [9.17, 15) is 0 Å². The van der Waals surface area contributed by atoms with Gasteiger partial charge in [0.15, 0.2) is 0 Å². The summed E-state index contributed by atoms with van der Waals surface area (Å²) in [6.07, 6.45) is 5.54. The third-order valence-electron chi connectivity index (χ3n) is 2.86. The van der Waals surface area contributed by atoms with Crippen LogP contribution in [0.3, 0.4) is 0 Å². The second-order valence-electron chi connectivity index (χ2n) is 3.84. The number of hydrogen-bond donors (Lipinski definition) is 1. The van der Waals surface area contributed by atoms with Crippen LogP contribution in [-0.4, -0.2) is 17.2 Å². The van der Waals surface area contributed by atoms with Crippen LogP contribution in [-0.2, 0) is 0 Å². The Morgan fingerprint density at radius 2 is 2.29 bits per heavy atom. The van der Waals surface area contributed by atoms with E-state index < -0.39 is 0 Å². The molecule has 14 heavy (non-hydrogen) atoms. The smallest absolute Gasteiger partial charge is 0.0887 e. The van der Waals surface area contributed by atoms with Crippen molar-refractivity contribution in [2.24, 2.45) is 0 Å². The van der Waals surface area contributed by atoms with Gasteiger partial charge in [-0.2, -0.15) is 0 Å². The van der Waals surface area contributed by atoms with Gasteiger partial charge < -0.3 is 5.32 Å². The lowest BCUT2D eigenvalue weighted by Crippen LogP contribution is -2.34. The fraction of sp³-hybridized carbons (Fsp3) is 0.500. The molecule has 74 valence electrons. The predicted octanol–water partition coefficient (Wildman–Crippen LogP) is 3.95. The van der Waals surface area contributed by atoms with E-state index in [0.717, 1.165) is 0 Å². The molecular formula is C10H13NP2S. The molecule has 4 heteroatoms. The molecular weight excluding hydrogens is 228 g/mol. The van der Waals surface area contributed by atoms with Gasteiger partial charge in [0.2, 0.25) is 0 Å². The molecule has 1 N–H and O–H groups in total. The molecule has 1 aromatic heterocycles. The summed E-state index contributed by atoms with van der Waals surface area (Å²) < 4.78 is 0. The summed E-state index contributed by atoms with van der Waals surface area (Å²) in [5.74, 6) is 4.55. The van der Waals surface area contributed by atoms with Gasteiger partial charge in [0.05, 0.1) is 4.87 Å². The summed E-state index contributed by atoms with van der Waals surface area (Å²) in [6, 6.07) is 2.25. The molecule has 0 atom stereocenters. The Hall–Kier alpha value is 0.230. The van der Waals surface area contributed by atoms with E-state index in [2.05, 4.69) is 34.7 Å². The molecule has 1 saturated heterocycles. The first-order chi connectivity index (χ1) is 6.88. The lowest BCUT2D eigenvalue weighted by atomic mass is 10.1. The number of rotatable bonds is 0. The third kappa shape index (κ3) is 1.58. The number of nitrogens with one attached hydrogen (secondary N) is 1. The van der Waals surface area contributed by atoms with E-state index in [-0.39, 0.29) is 0 Å². The lowest BCUT2D eigenvalue weighted by molar-refractivity contribution is 0.615. The highest BCUT2D eigenvalue weighted by Gasteiger charge is 2.38. The van der Waals surface area contributed by atoms with Crippen LogP contribution < -0.4 is 5.32 Å². The van der Waals surface area contributed by atoms with Gasteiger partial charge >= 0.3 is 0 Å². The molecule has 0 amide bonds. The van der Waals surface area contributed by atoms with E-state index in [4.69, 9.17) is 0 Å². The highest BCUT2D eigenvalue weighted by atomic mass is 32.2. The van der Waals surface area contributed by atoms with Gasteiger partial charge in [0, 0.05) is 10.6 Å². The van der Waals surface area contributed by atoms with Gasteiger partial charge in [-0.05, 0) is 42.8 Å². The van der Waals surface area contributed by atoms with Crippen LogP contribution in [0.1, 0.15) is 12.8 Å². The van der Waals surface area contributed by atoms with E-state index in [1.165, 1.54) is 52.5 Å². The number of fused-ring (bicyclic) bond motifs is 1. The van der Waals surface area contributed by atoms with Gasteiger partial charge in [-0.15, -0.1) is 8.58 Å². The number of thioether (sulfide) groups is 1. The van der Waals surface area contributed by atoms with Crippen molar-refractivity contribution in [3.8, 4) is 0 Å². The van der Waals surface area contributed by atoms with Crippen molar-refractivity contribution in [3.63, 3.8) is 0 Å². The maximum Gasteiger partial charge on any atom is 0.0887 e. The van der Waals surface area contributed by atoms with Crippen molar-refractivity contribution in [2.45, 2.75) is 22.6 Å². The zero-order valence-corrected chi connectivity index (χ0v) is 10.6. The van der Waals surface area contributed by atoms with E-state index in [1.807, 2.05) is 0 Å². The highest BCUT2D eigenvalue weighted by Crippen LogP contribution is 2.52. The molecule has 0 unspecified atom stereocenters. The van der Waals surface area contributed by atoms with E-state index in [1.54, 1.807) is 0 Å². The zero-order valence-electron chi connectivity index (χ0n) is 7.92. The van der Waals surface area contributed by atoms with Crippen LogP contribution in [0, 0.1) is 0 Å². The first-order valence-corrected chi connectivity index (χ1v) is 8.26. The monoisotopic (exact) mass is 241 g/mol. The van der Waals surface area contributed by atoms with Crippen LogP contribution in [0.15, 0.2) is 22.6 Å². The third-order valence-corrected chi connectivity index (χ3v) is 6.43. The van der Waals surface area contributed by atoms with Crippen molar-refractivity contribution >= 4 is 34.2 Å². The SMILES string of the molecule is c1cc2c(cp1)SC1(CCPCC1)N2. The van der Waals surface area contributed by atoms with Gasteiger partial charge in [-0.3, -0.25) is 0 Å². The van der Waals surface area contributed by atoms with E-state index >= 15 is 0 Å². The summed E-state index contributed by atoms with van der Waals surface area (Å²) in [7, 11) is 2.54. The van der Waals surface area contributed by atoms with Crippen molar-refractivity contribution in [1.82, 2.24) is 0 Å². The molecule has 3 rings (SSSR count). The van der Waals surface area contributed by atoms with Gasteiger partial charge in [0.25, 0.3) is 0 Å². The fourth-order valence-electron chi connectivity index (χ4n) is 2.10. The minimum atomic E-state index is 0.372. The van der Waals surface area contributed by atoms with Crippen LogP contribution in [0.25, 0.3) is 0 Å². The molecule has 2 aliphatic heterocycles. The standard InChI is InChI=1S/C10H13NP2S/c1-4-13-7-9-8(1)11-10(14-9)2-5-12-6-3-10/h1,4,7,11-12H,2-3,5-6H2. The fourth-order valence-corrected chi connectivity index (χ4v) is 6.13. The van der Waals surface area contributed by atoms with Crippen LogP contribution in [0.4, 0.5) is 5.69 Å². The molecule has 3 heterocycles. The molecule has 1 fully saturated rings. The lowest BCUT2D eigenvalue weighted by Gasteiger charge is -2.32. The van der Waals surface area contributed by atoms with Gasteiger partial charge in [-0.1, -0.05) is 20.0 Å². The zero-order chi connectivity index (χ0) is 9.43. The van der Waals surface area contributed by atoms with Gasteiger partial charge in [0.1, 0.15) is 0 Å². The molecule has 1 aromatic rings. The Morgan fingerprint density at radius 1 is 1.43 bits per heavy atom. The number of anilines is 1. The van der Waals surface area contributed by atoms with Crippen LogP contribution >= 0.6 is 28.5 Å². The molecule has 0 aromatic carbocycles. The predicted molar refractivity (Wildman–Crippen MR) is 68.4 cm³/mol. The molecule has 0 aliphatic carbocycles. The Morgan fingerprint density at radius 3 is 3.07 bits per heavy atom. The van der Waals surface area contributed by atoms with Gasteiger partial charge in [-0.25, -0.2) is 0 Å². The van der Waals surface area contributed by atoms with Crippen LogP contribution in [0.2, 0.25) is 0 Å². The summed E-state index contributed by atoms with van der Waals surface area (Å²) in [4.78, 5) is 1.86. The van der Waals surface area contributed by atoms with E-state index in [0.29, 0.717) is 4.87 Å². The molecule has 0 bridgehead atoms. The Balaban J connectivity index is 1.89. The molecule has 1 nitrogen and oxygen atoms in total. The molecule has 0 saturated carbocycles. The Kier molecular flexibility index (Phi) is 2.48. The van der Waals surface area contributed by atoms with Crippen molar-refractivity contribution in [2.75, 3.05) is 17.6 Å².